The van der Waals surface area contributed by atoms with Crippen molar-refractivity contribution in [1.82, 2.24) is 0 Å². The van der Waals surface area contributed by atoms with E-state index in [0.29, 0.717) is 12.7 Å². The molecule has 0 fully saturated rings. The second kappa shape index (κ2) is 7.84. The van der Waals surface area contributed by atoms with E-state index in [0.717, 1.165) is 19.4 Å². The topological polar surface area (TPSA) is 18.5 Å². The molecule has 0 aromatic rings. The van der Waals surface area contributed by atoms with Gasteiger partial charge in [0.25, 0.3) is 0 Å². The maximum absolute atomic E-state index is 5.92. The molecule has 0 aromatic heterocycles. The lowest BCUT2D eigenvalue weighted by atomic mass is 10.2. The zero-order valence-electron chi connectivity index (χ0n) is 8.18. The van der Waals surface area contributed by atoms with Gasteiger partial charge in [0.2, 0.25) is 0 Å². The van der Waals surface area contributed by atoms with Gasteiger partial charge in [-0.3, -0.25) is 0 Å². The molecule has 0 rings (SSSR count). The number of methoxy groups -OCH3 is 1. The molecule has 3 heteroatoms. The minimum absolute atomic E-state index is 0.130. The zero-order valence-corrected chi connectivity index (χ0v) is 8.93. The number of rotatable bonds is 7. The predicted molar refractivity (Wildman–Crippen MR) is 51.8 cm³/mol. The largest absolute Gasteiger partial charge is 0.383 e. The van der Waals surface area contributed by atoms with E-state index in [2.05, 4.69) is 0 Å². The van der Waals surface area contributed by atoms with Crippen LogP contribution in [0.2, 0.25) is 0 Å². The highest BCUT2D eigenvalue weighted by Crippen LogP contribution is 2.06. The van der Waals surface area contributed by atoms with Crippen LogP contribution in [0, 0.1) is 0 Å². The van der Waals surface area contributed by atoms with Gasteiger partial charge in [-0.15, -0.1) is 11.6 Å². The van der Waals surface area contributed by atoms with Crippen molar-refractivity contribution in [3.05, 3.63) is 0 Å². The normalized spacial score (nSPS) is 13.8. The fraction of sp³-hybridized carbons (Fsp3) is 1.00. The van der Waals surface area contributed by atoms with Crippen molar-refractivity contribution in [3.8, 4) is 0 Å². The Kier molecular flexibility index (Phi) is 7.98. The Morgan fingerprint density at radius 3 is 2.50 bits per heavy atom. The fourth-order valence-electron chi connectivity index (χ4n) is 0.888. The third kappa shape index (κ3) is 8.31. The van der Waals surface area contributed by atoms with Crippen LogP contribution < -0.4 is 0 Å². The molecule has 0 bridgehead atoms. The molecule has 0 radical (unpaired) electrons. The first-order chi connectivity index (χ1) is 5.66. The summed E-state index contributed by atoms with van der Waals surface area (Å²) in [5, 5.41) is 0.130. The van der Waals surface area contributed by atoms with Crippen molar-refractivity contribution < 1.29 is 9.47 Å². The molecular weight excluding hydrogens is 176 g/mol. The highest BCUT2D eigenvalue weighted by atomic mass is 35.5. The van der Waals surface area contributed by atoms with Crippen LogP contribution in [0.1, 0.15) is 26.7 Å². The van der Waals surface area contributed by atoms with E-state index in [1.54, 1.807) is 7.11 Å². The van der Waals surface area contributed by atoms with Crippen LogP contribution in [0.5, 0.6) is 0 Å². The Labute approximate surface area is 80.2 Å². The molecule has 1 atom stereocenters. The lowest BCUT2D eigenvalue weighted by molar-refractivity contribution is 0.0746. The number of halogens is 1. The minimum atomic E-state index is 0.130. The monoisotopic (exact) mass is 194 g/mol. The van der Waals surface area contributed by atoms with Crippen molar-refractivity contribution in [1.29, 1.82) is 0 Å². The quantitative estimate of drug-likeness (QED) is 0.458. The summed E-state index contributed by atoms with van der Waals surface area (Å²) in [5.41, 5.74) is 0. The van der Waals surface area contributed by atoms with Gasteiger partial charge in [0, 0.05) is 13.7 Å². The van der Waals surface area contributed by atoms with Gasteiger partial charge in [0.05, 0.1) is 18.1 Å². The zero-order chi connectivity index (χ0) is 9.40. The van der Waals surface area contributed by atoms with Crippen LogP contribution in [0.4, 0.5) is 0 Å². The van der Waals surface area contributed by atoms with Gasteiger partial charge in [0.1, 0.15) is 0 Å². The van der Waals surface area contributed by atoms with Crippen LogP contribution in [-0.4, -0.2) is 31.8 Å². The van der Waals surface area contributed by atoms with Gasteiger partial charge in [-0.1, -0.05) is 0 Å². The molecule has 0 aromatic carbocycles. The molecule has 0 N–H and O–H groups in total. The van der Waals surface area contributed by atoms with E-state index in [-0.39, 0.29) is 5.38 Å². The Morgan fingerprint density at radius 2 is 2.00 bits per heavy atom. The summed E-state index contributed by atoms with van der Waals surface area (Å²) < 4.78 is 10.3. The van der Waals surface area contributed by atoms with E-state index in [4.69, 9.17) is 21.1 Å². The summed E-state index contributed by atoms with van der Waals surface area (Å²) >= 11 is 5.92. The van der Waals surface area contributed by atoms with Crippen LogP contribution in [0.25, 0.3) is 0 Å². The molecule has 1 unspecified atom stereocenters. The van der Waals surface area contributed by atoms with E-state index < -0.39 is 0 Å². The average molecular weight is 195 g/mol. The van der Waals surface area contributed by atoms with Crippen molar-refractivity contribution in [2.75, 3.05) is 20.3 Å². The van der Waals surface area contributed by atoms with Gasteiger partial charge >= 0.3 is 0 Å². The molecule has 0 aliphatic carbocycles. The summed E-state index contributed by atoms with van der Waals surface area (Å²) in [5.74, 6) is 0. The molecule has 74 valence electrons. The summed E-state index contributed by atoms with van der Waals surface area (Å²) in [6, 6.07) is 0. The van der Waals surface area contributed by atoms with Gasteiger partial charge in [-0.25, -0.2) is 0 Å². The highest BCUT2D eigenvalue weighted by molar-refractivity contribution is 6.20. The van der Waals surface area contributed by atoms with E-state index >= 15 is 0 Å². The first kappa shape index (κ1) is 12.2. The Bertz CT molecular complexity index is 96.5. The van der Waals surface area contributed by atoms with Crippen LogP contribution in [-0.2, 0) is 9.47 Å². The van der Waals surface area contributed by atoms with Crippen LogP contribution in [0.3, 0.4) is 0 Å². The molecule has 0 aliphatic heterocycles. The Hall–Kier alpha value is 0.210. The third-order valence-electron chi connectivity index (χ3n) is 1.46. The molecular formula is C9H19ClO2. The molecule has 0 heterocycles. The molecule has 0 amide bonds. The lowest BCUT2D eigenvalue weighted by Crippen LogP contribution is -2.10. The standard InChI is InChI=1S/C9H19ClO2/c1-8(2)12-6-4-5-9(10)7-11-3/h8-9H,4-7H2,1-3H3. The third-order valence-corrected chi connectivity index (χ3v) is 1.80. The highest BCUT2D eigenvalue weighted by Gasteiger charge is 2.03. The number of alkyl halides is 1. The SMILES string of the molecule is COCC(Cl)CCCOC(C)C. The van der Waals surface area contributed by atoms with Gasteiger partial charge in [-0.05, 0) is 26.7 Å². The number of hydrogen-bond donors (Lipinski definition) is 0. The number of hydrogen-bond acceptors (Lipinski definition) is 2. The molecule has 0 saturated carbocycles. The maximum atomic E-state index is 5.92. The molecule has 0 spiro atoms. The second-order valence-electron chi connectivity index (χ2n) is 3.11. The van der Waals surface area contributed by atoms with E-state index in [9.17, 15) is 0 Å². The predicted octanol–water partition coefficient (Wildman–Crippen LogP) is 2.45. The summed E-state index contributed by atoms with van der Waals surface area (Å²) in [6.07, 6.45) is 2.29. The molecule has 12 heavy (non-hydrogen) atoms. The van der Waals surface area contributed by atoms with Crippen molar-refractivity contribution in [2.24, 2.45) is 0 Å². The van der Waals surface area contributed by atoms with Crippen LogP contribution >= 0.6 is 11.6 Å². The first-order valence-electron chi connectivity index (χ1n) is 4.41. The fourth-order valence-corrected chi connectivity index (χ4v) is 1.17. The molecule has 0 saturated heterocycles. The smallest absolute Gasteiger partial charge is 0.0626 e. The van der Waals surface area contributed by atoms with Crippen molar-refractivity contribution in [2.45, 2.75) is 38.2 Å². The van der Waals surface area contributed by atoms with Crippen LogP contribution in [0.15, 0.2) is 0 Å². The van der Waals surface area contributed by atoms with Gasteiger partial charge in [0.15, 0.2) is 0 Å². The average Bonchev–Trinajstić information content (AvgIpc) is 1.98. The van der Waals surface area contributed by atoms with Crippen molar-refractivity contribution >= 4 is 11.6 Å². The minimum Gasteiger partial charge on any atom is -0.383 e. The molecule has 2 nitrogen and oxygen atoms in total. The summed E-state index contributed by atoms with van der Waals surface area (Å²) in [6.45, 7) is 5.49. The Balaban J connectivity index is 3.08. The second-order valence-corrected chi connectivity index (χ2v) is 3.73. The van der Waals surface area contributed by atoms with Gasteiger partial charge < -0.3 is 9.47 Å². The summed E-state index contributed by atoms with van der Waals surface area (Å²) in [7, 11) is 1.67. The maximum Gasteiger partial charge on any atom is 0.0626 e. The lowest BCUT2D eigenvalue weighted by Gasteiger charge is -2.09. The molecule has 0 aliphatic rings. The summed E-state index contributed by atoms with van der Waals surface area (Å²) in [4.78, 5) is 0. The van der Waals surface area contributed by atoms with E-state index in [1.807, 2.05) is 13.8 Å². The first-order valence-corrected chi connectivity index (χ1v) is 4.85. The van der Waals surface area contributed by atoms with Gasteiger partial charge in [-0.2, -0.15) is 0 Å². The van der Waals surface area contributed by atoms with Crippen molar-refractivity contribution in [3.63, 3.8) is 0 Å². The van der Waals surface area contributed by atoms with E-state index in [1.165, 1.54) is 0 Å². The Morgan fingerprint density at radius 1 is 1.33 bits per heavy atom. The number of ether oxygens (including phenoxy) is 2.